The predicted octanol–water partition coefficient (Wildman–Crippen LogP) is -0.785. The van der Waals surface area contributed by atoms with Gasteiger partial charge in [-0.05, 0) is 33.4 Å². The normalized spacial score (nSPS) is 10.2. The van der Waals surface area contributed by atoms with Crippen LogP contribution in [0.1, 0.15) is 26.2 Å². The van der Waals surface area contributed by atoms with Gasteiger partial charge < -0.3 is 5.32 Å². The highest BCUT2D eigenvalue weighted by atomic mass is 16.2. The predicted molar refractivity (Wildman–Crippen MR) is 62.4 cm³/mol. The summed E-state index contributed by atoms with van der Waals surface area (Å²) >= 11 is 0. The lowest BCUT2D eigenvalue weighted by molar-refractivity contribution is -0.122. The van der Waals surface area contributed by atoms with E-state index in [0.29, 0.717) is 19.5 Å². The standard InChI is InChI=1S/C10H22N4O2/c1-3-12-10(16)8-14(2)7-5-4-6-9(15)13-11/h3-8,11H2,1-2H3,(H,12,16)(H,13,15). The zero-order chi connectivity index (χ0) is 12.4. The van der Waals surface area contributed by atoms with Gasteiger partial charge in [0.2, 0.25) is 11.8 Å². The average molecular weight is 230 g/mol. The van der Waals surface area contributed by atoms with Crippen molar-refractivity contribution >= 4 is 11.8 Å². The van der Waals surface area contributed by atoms with Crippen molar-refractivity contribution in [1.29, 1.82) is 0 Å². The molecule has 16 heavy (non-hydrogen) atoms. The summed E-state index contributed by atoms with van der Waals surface area (Å²) in [6.07, 6.45) is 2.09. The highest BCUT2D eigenvalue weighted by molar-refractivity contribution is 5.77. The molecule has 0 spiro atoms. The fraction of sp³-hybridized carbons (Fsp3) is 0.800. The Labute approximate surface area is 96.5 Å². The summed E-state index contributed by atoms with van der Waals surface area (Å²) in [5, 5.41) is 2.73. The number of nitrogens with zero attached hydrogens (tertiary/aromatic N) is 1. The molecular formula is C10H22N4O2. The lowest BCUT2D eigenvalue weighted by Gasteiger charge is -2.15. The Balaban J connectivity index is 3.46. The first kappa shape index (κ1) is 14.9. The Bertz CT molecular complexity index is 221. The Hall–Kier alpha value is -1.14. The maximum atomic E-state index is 11.2. The zero-order valence-electron chi connectivity index (χ0n) is 10.1. The molecule has 0 aliphatic heterocycles. The molecule has 0 unspecified atom stereocenters. The highest BCUT2D eigenvalue weighted by Gasteiger charge is 2.05. The van der Waals surface area contributed by atoms with Crippen LogP contribution in [0.2, 0.25) is 0 Å². The zero-order valence-corrected chi connectivity index (χ0v) is 10.1. The first-order valence-corrected chi connectivity index (χ1v) is 5.54. The number of amides is 2. The van der Waals surface area contributed by atoms with Crippen molar-refractivity contribution in [2.24, 2.45) is 5.84 Å². The summed E-state index contributed by atoms with van der Waals surface area (Å²) < 4.78 is 0. The number of nitrogens with two attached hydrogens (primary N) is 1. The summed E-state index contributed by atoms with van der Waals surface area (Å²) in [6, 6.07) is 0. The van der Waals surface area contributed by atoms with E-state index in [1.165, 1.54) is 0 Å². The molecule has 0 aromatic carbocycles. The molecular weight excluding hydrogens is 208 g/mol. The number of carbonyl (C=O) groups is 2. The smallest absolute Gasteiger partial charge is 0.234 e. The van der Waals surface area contributed by atoms with E-state index in [0.717, 1.165) is 19.4 Å². The van der Waals surface area contributed by atoms with Crippen LogP contribution in [0.25, 0.3) is 0 Å². The molecule has 0 aliphatic carbocycles. The minimum absolute atomic E-state index is 0.0321. The molecule has 0 radical (unpaired) electrons. The Morgan fingerprint density at radius 1 is 1.25 bits per heavy atom. The van der Waals surface area contributed by atoms with Gasteiger partial charge in [-0.1, -0.05) is 0 Å². The second kappa shape index (κ2) is 9.11. The van der Waals surface area contributed by atoms with Gasteiger partial charge in [0.25, 0.3) is 0 Å². The minimum atomic E-state index is -0.147. The fourth-order valence-corrected chi connectivity index (χ4v) is 1.32. The first-order chi connectivity index (χ1) is 7.60. The number of hydrogen-bond acceptors (Lipinski definition) is 4. The van der Waals surface area contributed by atoms with Crippen molar-refractivity contribution in [3.8, 4) is 0 Å². The molecule has 6 heteroatoms. The van der Waals surface area contributed by atoms with Crippen LogP contribution in [0.15, 0.2) is 0 Å². The molecule has 0 aromatic heterocycles. The number of carbonyl (C=O) groups excluding carboxylic acids is 2. The average Bonchev–Trinajstić information content (AvgIpc) is 2.24. The molecule has 0 heterocycles. The van der Waals surface area contributed by atoms with E-state index in [2.05, 4.69) is 10.7 Å². The largest absolute Gasteiger partial charge is 0.355 e. The van der Waals surface area contributed by atoms with Gasteiger partial charge in [0, 0.05) is 13.0 Å². The van der Waals surface area contributed by atoms with E-state index < -0.39 is 0 Å². The molecule has 2 amide bonds. The molecule has 4 N–H and O–H groups in total. The lowest BCUT2D eigenvalue weighted by Crippen LogP contribution is -2.35. The van der Waals surface area contributed by atoms with Crippen LogP contribution in [-0.4, -0.2) is 43.4 Å². The van der Waals surface area contributed by atoms with Crippen molar-refractivity contribution in [3.05, 3.63) is 0 Å². The Kier molecular flexibility index (Phi) is 8.46. The van der Waals surface area contributed by atoms with Gasteiger partial charge in [0.1, 0.15) is 0 Å². The van der Waals surface area contributed by atoms with E-state index in [9.17, 15) is 9.59 Å². The van der Waals surface area contributed by atoms with Crippen LogP contribution < -0.4 is 16.6 Å². The maximum Gasteiger partial charge on any atom is 0.234 e. The molecule has 0 saturated carbocycles. The van der Waals surface area contributed by atoms with Crippen molar-refractivity contribution in [2.45, 2.75) is 26.2 Å². The van der Waals surface area contributed by atoms with Crippen LogP contribution in [0.3, 0.4) is 0 Å². The number of rotatable bonds is 8. The second-order valence-corrected chi connectivity index (χ2v) is 3.72. The summed E-state index contributed by atoms with van der Waals surface area (Å²) in [6.45, 7) is 3.75. The highest BCUT2D eigenvalue weighted by Crippen LogP contribution is 1.96. The van der Waals surface area contributed by atoms with E-state index in [1.54, 1.807) is 0 Å². The van der Waals surface area contributed by atoms with Gasteiger partial charge in [-0.15, -0.1) is 0 Å². The molecule has 0 saturated heterocycles. The Morgan fingerprint density at radius 3 is 2.50 bits per heavy atom. The molecule has 0 bridgehead atoms. The number of unbranched alkanes of at least 4 members (excludes halogenated alkanes) is 1. The molecule has 0 rings (SSSR count). The van der Waals surface area contributed by atoms with Gasteiger partial charge in [-0.25, -0.2) is 5.84 Å². The van der Waals surface area contributed by atoms with Gasteiger partial charge in [-0.3, -0.25) is 19.9 Å². The van der Waals surface area contributed by atoms with Crippen LogP contribution in [0.4, 0.5) is 0 Å². The van der Waals surface area contributed by atoms with E-state index in [1.807, 2.05) is 18.9 Å². The third-order valence-corrected chi connectivity index (χ3v) is 2.14. The molecule has 0 fully saturated rings. The molecule has 94 valence electrons. The SMILES string of the molecule is CCNC(=O)CN(C)CCCCC(=O)NN. The van der Waals surface area contributed by atoms with Crippen LogP contribution >= 0.6 is 0 Å². The van der Waals surface area contributed by atoms with Gasteiger partial charge in [-0.2, -0.15) is 0 Å². The number of hydrazine groups is 1. The first-order valence-electron chi connectivity index (χ1n) is 5.54. The van der Waals surface area contributed by atoms with Crippen LogP contribution in [0, 0.1) is 0 Å². The number of likely N-dealkylation sites (N-methyl/N-ethyl adjacent to an activating group) is 2. The topological polar surface area (TPSA) is 87.5 Å². The molecule has 0 atom stereocenters. The van der Waals surface area contributed by atoms with Crippen molar-refractivity contribution in [1.82, 2.24) is 15.6 Å². The number of nitrogens with one attached hydrogen (secondary N) is 2. The van der Waals surface area contributed by atoms with Crippen molar-refractivity contribution in [2.75, 3.05) is 26.7 Å². The van der Waals surface area contributed by atoms with E-state index in [-0.39, 0.29) is 11.8 Å². The minimum Gasteiger partial charge on any atom is -0.355 e. The summed E-state index contributed by atoms with van der Waals surface area (Å²) in [4.78, 5) is 23.9. The van der Waals surface area contributed by atoms with Crippen LogP contribution in [-0.2, 0) is 9.59 Å². The summed E-state index contributed by atoms with van der Waals surface area (Å²) in [5.74, 6) is 4.84. The van der Waals surface area contributed by atoms with Crippen LogP contribution in [0.5, 0.6) is 0 Å². The number of hydrogen-bond donors (Lipinski definition) is 3. The lowest BCUT2D eigenvalue weighted by atomic mass is 10.2. The summed E-state index contributed by atoms with van der Waals surface area (Å²) in [5.41, 5.74) is 2.09. The summed E-state index contributed by atoms with van der Waals surface area (Å²) in [7, 11) is 1.89. The molecule has 6 nitrogen and oxygen atoms in total. The van der Waals surface area contributed by atoms with E-state index in [4.69, 9.17) is 5.84 Å². The van der Waals surface area contributed by atoms with Crippen molar-refractivity contribution < 1.29 is 9.59 Å². The molecule has 0 aliphatic rings. The third kappa shape index (κ3) is 8.19. The van der Waals surface area contributed by atoms with E-state index >= 15 is 0 Å². The third-order valence-electron chi connectivity index (χ3n) is 2.14. The van der Waals surface area contributed by atoms with Gasteiger partial charge in [0.05, 0.1) is 6.54 Å². The maximum absolute atomic E-state index is 11.2. The molecule has 0 aromatic rings. The Morgan fingerprint density at radius 2 is 1.94 bits per heavy atom. The van der Waals surface area contributed by atoms with Gasteiger partial charge >= 0.3 is 0 Å². The van der Waals surface area contributed by atoms with Gasteiger partial charge in [0.15, 0.2) is 0 Å². The van der Waals surface area contributed by atoms with Crippen molar-refractivity contribution in [3.63, 3.8) is 0 Å². The second-order valence-electron chi connectivity index (χ2n) is 3.72. The fourth-order valence-electron chi connectivity index (χ4n) is 1.32. The monoisotopic (exact) mass is 230 g/mol. The quantitative estimate of drug-likeness (QED) is 0.221.